The third-order valence-electron chi connectivity index (χ3n) is 3.20. The summed E-state index contributed by atoms with van der Waals surface area (Å²) < 4.78 is 16.0. The van der Waals surface area contributed by atoms with E-state index in [0.29, 0.717) is 11.3 Å². The van der Waals surface area contributed by atoms with Gasteiger partial charge in [0.05, 0.1) is 23.8 Å². The average Bonchev–Trinajstić information content (AvgIpc) is 2.56. The summed E-state index contributed by atoms with van der Waals surface area (Å²) in [6.45, 7) is 3.51. The number of hydrogen-bond acceptors (Lipinski definition) is 5. The van der Waals surface area contributed by atoms with Crippen molar-refractivity contribution in [2.45, 2.75) is 20.0 Å². The molecule has 0 saturated carbocycles. The van der Waals surface area contributed by atoms with E-state index in [0.717, 1.165) is 5.56 Å². The molecule has 0 amide bonds. The Morgan fingerprint density at radius 2 is 2.04 bits per heavy atom. The second kappa shape index (κ2) is 7.71. The summed E-state index contributed by atoms with van der Waals surface area (Å²) in [5.74, 6) is 0.205. The lowest BCUT2D eigenvalue weighted by Gasteiger charge is -2.16. The summed E-state index contributed by atoms with van der Waals surface area (Å²) >= 11 is 6.07. The lowest BCUT2D eigenvalue weighted by molar-refractivity contribution is -0.141. The first-order valence-electron chi connectivity index (χ1n) is 7.17. The van der Waals surface area contributed by atoms with Gasteiger partial charge in [-0.05, 0) is 37.6 Å². The number of aryl methyl sites for hydroxylation is 1. The van der Waals surface area contributed by atoms with E-state index < -0.39 is 12.1 Å². The van der Waals surface area contributed by atoms with E-state index in [-0.39, 0.29) is 16.5 Å². The van der Waals surface area contributed by atoms with E-state index in [4.69, 9.17) is 31.1 Å². The molecule has 0 fully saturated rings. The number of nitriles is 1. The van der Waals surface area contributed by atoms with Gasteiger partial charge in [0.25, 0.3) is 0 Å². The fourth-order valence-corrected chi connectivity index (χ4v) is 2.26. The van der Waals surface area contributed by atoms with Gasteiger partial charge in [-0.3, -0.25) is 0 Å². The first-order chi connectivity index (χ1) is 11.4. The molecule has 0 aromatic heterocycles. The van der Waals surface area contributed by atoms with Crippen LogP contribution < -0.4 is 14.2 Å². The number of carbonyl (C=O) groups is 1. The molecule has 0 heterocycles. The van der Waals surface area contributed by atoms with Crippen LogP contribution in [0, 0.1) is 18.3 Å². The maximum absolute atomic E-state index is 12.3. The molecule has 0 unspecified atom stereocenters. The zero-order valence-electron chi connectivity index (χ0n) is 13.5. The van der Waals surface area contributed by atoms with Crippen molar-refractivity contribution in [2.75, 3.05) is 7.11 Å². The van der Waals surface area contributed by atoms with E-state index in [9.17, 15) is 4.79 Å². The Kier molecular flexibility index (Phi) is 5.67. The van der Waals surface area contributed by atoms with Gasteiger partial charge >= 0.3 is 5.97 Å². The molecule has 0 aliphatic heterocycles. The van der Waals surface area contributed by atoms with Crippen LogP contribution in [0.5, 0.6) is 17.2 Å². The van der Waals surface area contributed by atoms with E-state index in [1.165, 1.54) is 19.2 Å². The Morgan fingerprint density at radius 3 is 2.67 bits per heavy atom. The lowest BCUT2D eigenvalue weighted by Crippen LogP contribution is -2.28. The minimum atomic E-state index is -0.844. The monoisotopic (exact) mass is 345 g/mol. The van der Waals surface area contributed by atoms with Crippen LogP contribution in [0.1, 0.15) is 18.1 Å². The second-order valence-corrected chi connectivity index (χ2v) is 5.51. The van der Waals surface area contributed by atoms with Gasteiger partial charge in [0.15, 0.2) is 17.6 Å². The molecule has 2 rings (SSSR count). The molecule has 24 heavy (non-hydrogen) atoms. The highest BCUT2D eigenvalue weighted by Gasteiger charge is 2.22. The maximum Gasteiger partial charge on any atom is 0.352 e. The third kappa shape index (κ3) is 4.18. The average molecular weight is 346 g/mol. The molecule has 0 aliphatic rings. The van der Waals surface area contributed by atoms with Gasteiger partial charge in [-0.2, -0.15) is 5.26 Å². The maximum atomic E-state index is 12.3. The second-order valence-electron chi connectivity index (χ2n) is 5.10. The lowest BCUT2D eigenvalue weighted by atomic mass is 10.2. The normalized spacial score (nSPS) is 11.3. The highest BCUT2D eigenvalue weighted by atomic mass is 35.5. The quantitative estimate of drug-likeness (QED) is 0.607. The number of halogens is 1. The Bertz CT molecular complexity index is 798. The summed E-state index contributed by atoms with van der Waals surface area (Å²) in [6.07, 6.45) is -0.844. The van der Waals surface area contributed by atoms with Gasteiger partial charge in [0.1, 0.15) is 5.75 Å². The number of esters is 1. The van der Waals surface area contributed by atoms with Crippen LogP contribution in [0.2, 0.25) is 5.02 Å². The molecular weight excluding hydrogens is 330 g/mol. The van der Waals surface area contributed by atoms with Crippen LogP contribution in [0.25, 0.3) is 0 Å². The SMILES string of the molecule is COc1cc(C#N)cc(Cl)c1OC(=O)[C@H](C)Oc1cccc(C)c1. The number of ether oxygens (including phenoxy) is 3. The fraction of sp³-hybridized carbons (Fsp3) is 0.222. The molecular formula is C18H16ClNO4. The van der Waals surface area contributed by atoms with Gasteiger partial charge < -0.3 is 14.2 Å². The largest absolute Gasteiger partial charge is 0.493 e. The Balaban J connectivity index is 2.16. The van der Waals surface area contributed by atoms with Crippen LogP contribution >= 0.6 is 11.6 Å². The number of carbonyl (C=O) groups excluding carboxylic acids is 1. The van der Waals surface area contributed by atoms with Crippen molar-refractivity contribution < 1.29 is 19.0 Å². The fourth-order valence-electron chi connectivity index (χ4n) is 2.01. The zero-order chi connectivity index (χ0) is 17.7. The van der Waals surface area contributed by atoms with E-state index in [1.54, 1.807) is 13.0 Å². The summed E-state index contributed by atoms with van der Waals surface area (Å²) in [5, 5.41) is 9.05. The first-order valence-corrected chi connectivity index (χ1v) is 7.55. The molecule has 0 aliphatic carbocycles. The Hall–Kier alpha value is -2.71. The van der Waals surface area contributed by atoms with Gasteiger partial charge in [-0.15, -0.1) is 0 Å². The van der Waals surface area contributed by atoms with Crippen LogP contribution in [-0.2, 0) is 4.79 Å². The highest BCUT2D eigenvalue weighted by molar-refractivity contribution is 6.32. The first kappa shape index (κ1) is 17.6. The molecule has 124 valence electrons. The highest BCUT2D eigenvalue weighted by Crippen LogP contribution is 2.36. The zero-order valence-corrected chi connectivity index (χ0v) is 14.3. The molecule has 2 aromatic rings. The van der Waals surface area contributed by atoms with Crippen molar-refractivity contribution >= 4 is 17.6 Å². The van der Waals surface area contributed by atoms with Gasteiger partial charge in [0.2, 0.25) is 0 Å². The minimum Gasteiger partial charge on any atom is -0.493 e. The molecule has 0 bridgehead atoms. The number of nitrogens with zero attached hydrogens (tertiary/aromatic N) is 1. The molecule has 0 saturated heterocycles. The van der Waals surface area contributed by atoms with E-state index in [1.807, 2.05) is 31.2 Å². The van der Waals surface area contributed by atoms with Gasteiger partial charge in [0, 0.05) is 6.07 Å². The molecule has 1 atom stereocenters. The van der Waals surface area contributed by atoms with Crippen LogP contribution in [0.15, 0.2) is 36.4 Å². The van der Waals surface area contributed by atoms with Gasteiger partial charge in [-0.1, -0.05) is 23.7 Å². The Labute approximate surface area is 145 Å². The van der Waals surface area contributed by atoms with Crippen molar-refractivity contribution in [1.82, 2.24) is 0 Å². The summed E-state index contributed by atoms with van der Waals surface area (Å²) in [6, 6.07) is 12.1. The molecule has 2 aromatic carbocycles. The Morgan fingerprint density at radius 1 is 1.29 bits per heavy atom. The van der Waals surface area contributed by atoms with Crippen molar-refractivity contribution in [3.63, 3.8) is 0 Å². The molecule has 6 heteroatoms. The number of hydrogen-bond donors (Lipinski definition) is 0. The molecule has 0 spiro atoms. The van der Waals surface area contributed by atoms with Crippen molar-refractivity contribution in [2.24, 2.45) is 0 Å². The van der Waals surface area contributed by atoms with Crippen molar-refractivity contribution in [3.8, 4) is 23.3 Å². The minimum absolute atomic E-state index is 0.0582. The predicted octanol–water partition coefficient (Wildman–Crippen LogP) is 3.90. The van der Waals surface area contributed by atoms with E-state index in [2.05, 4.69) is 0 Å². The number of benzene rings is 2. The molecule has 0 N–H and O–H groups in total. The standard InChI is InChI=1S/C18H16ClNO4/c1-11-5-4-6-14(7-11)23-12(2)18(21)24-17-15(19)8-13(10-20)9-16(17)22-3/h4-9,12H,1-3H3/t12-/m0/s1. The summed E-state index contributed by atoms with van der Waals surface area (Å²) in [5.41, 5.74) is 1.32. The summed E-state index contributed by atoms with van der Waals surface area (Å²) in [4.78, 5) is 12.3. The van der Waals surface area contributed by atoms with E-state index >= 15 is 0 Å². The van der Waals surface area contributed by atoms with Crippen LogP contribution in [-0.4, -0.2) is 19.2 Å². The number of rotatable bonds is 5. The molecule has 5 nitrogen and oxygen atoms in total. The van der Waals surface area contributed by atoms with Crippen LogP contribution in [0.3, 0.4) is 0 Å². The van der Waals surface area contributed by atoms with Crippen molar-refractivity contribution in [3.05, 3.63) is 52.5 Å². The smallest absolute Gasteiger partial charge is 0.352 e. The predicted molar refractivity (Wildman–Crippen MR) is 89.6 cm³/mol. The van der Waals surface area contributed by atoms with Crippen LogP contribution in [0.4, 0.5) is 0 Å². The summed E-state index contributed by atoms with van der Waals surface area (Å²) in [7, 11) is 1.40. The topological polar surface area (TPSA) is 68.5 Å². The van der Waals surface area contributed by atoms with Crippen molar-refractivity contribution in [1.29, 1.82) is 5.26 Å². The number of methoxy groups -OCH3 is 1. The van der Waals surface area contributed by atoms with Gasteiger partial charge in [-0.25, -0.2) is 4.79 Å². The third-order valence-corrected chi connectivity index (χ3v) is 3.48. The molecule has 0 radical (unpaired) electrons.